The first kappa shape index (κ1) is 27.7. The fourth-order valence-corrected chi connectivity index (χ4v) is 10.5. The van der Waals surface area contributed by atoms with Gasteiger partial charge in [-0.2, -0.15) is 0 Å². The van der Waals surface area contributed by atoms with E-state index in [2.05, 4.69) is 133 Å². The Hall–Kier alpha value is -6.11. The van der Waals surface area contributed by atoms with Crippen molar-refractivity contribution in [2.24, 2.45) is 0 Å². The van der Waals surface area contributed by atoms with Crippen LogP contribution in [0.5, 0.6) is 0 Å². The van der Waals surface area contributed by atoms with Crippen molar-refractivity contribution in [1.29, 1.82) is 0 Å². The highest BCUT2D eigenvalue weighted by atomic mass is 16.3. The lowest BCUT2D eigenvalue weighted by Crippen LogP contribution is -2.59. The average Bonchev–Trinajstić information content (AvgIpc) is 3.67. The number of benzene rings is 8. The van der Waals surface area contributed by atoms with E-state index in [4.69, 9.17) is 0 Å². The molecule has 4 heterocycles. The van der Waals surface area contributed by atoms with E-state index in [-0.39, 0.29) is 5.91 Å². The van der Waals surface area contributed by atoms with Crippen LogP contribution in [0.1, 0.15) is 47.8 Å². The molecule has 4 aliphatic heterocycles. The lowest BCUT2D eigenvalue weighted by molar-refractivity contribution is 0.0333. The maximum Gasteiger partial charge on any atom is 0.261 e. The van der Waals surface area contributed by atoms with Gasteiger partial charge >= 0.3 is 0 Å². The van der Waals surface area contributed by atoms with Crippen molar-refractivity contribution < 1.29 is 9.90 Å². The van der Waals surface area contributed by atoms with E-state index in [1.54, 1.807) is 0 Å². The minimum atomic E-state index is -1.41. The van der Waals surface area contributed by atoms with Crippen molar-refractivity contribution in [3.63, 3.8) is 0 Å². The molecular formula is C45H32N4O2. The highest BCUT2D eigenvalue weighted by molar-refractivity contribution is 6.30. The summed E-state index contributed by atoms with van der Waals surface area (Å²) in [5, 5.41) is 31.6. The van der Waals surface area contributed by atoms with Gasteiger partial charge in [0.25, 0.3) is 5.91 Å². The van der Waals surface area contributed by atoms with Crippen LogP contribution in [0.4, 0.5) is 22.7 Å². The second kappa shape index (κ2) is 8.60. The summed E-state index contributed by atoms with van der Waals surface area (Å²) in [5.74, 6) is -0.0488. The fourth-order valence-electron chi connectivity index (χ4n) is 10.5. The Morgan fingerprint density at radius 2 is 0.922 bits per heavy atom. The molecule has 8 aromatic carbocycles. The molecule has 0 aliphatic carbocycles. The van der Waals surface area contributed by atoms with Crippen molar-refractivity contribution in [1.82, 2.24) is 0 Å². The summed E-state index contributed by atoms with van der Waals surface area (Å²) in [7, 11) is 0. The van der Waals surface area contributed by atoms with E-state index in [0.29, 0.717) is 5.56 Å². The number of nitrogens with one attached hydrogen (secondary N) is 2. The Kier molecular flexibility index (Phi) is 4.67. The largest absolute Gasteiger partial charge is 0.367 e. The van der Waals surface area contributed by atoms with Crippen LogP contribution in [0.3, 0.4) is 0 Å². The van der Waals surface area contributed by atoms with E-state index in [0.717, 1.165) is 87.9 Å². The summed E-state index contributed by atoms with van der Waals surface area (Å²) in [4.78, 5) is 19.2. The number of nitrogens with zero attached hydrogens (tertiary/aromatic N) is 2. The summed E-state index contributed by atoms with van der Waals surface area (Å²) in [6.45, 7) is 6.19. The third-order valence-corrected chi connectivity index (χ3v) is 12.5. The molecule has 12 rings (SSSR count). The SMILES string of the molecule is CC1(O)c2ccc3c4c(ccc(c24)C2(C)Nc4c(c5ccccc5c5ccccc45)N12)C1(C)Nc2c(c4ccccc4c4ccccc24)N1C3=O. The predicted octanol–water partition coefficient (Wildman–Crippen LogP) is 9.99. The highest BCUT2D eigenvalue weighted by Gasteiger charge is 2.58. The lowest BCUT2D eigenvalue weighted by atomic mass is 9.76. The zero-order chi connectivity index (χ0) is 34.2. The minimum Gasteiger partial charge on any atom is -0.367 e. The average molecular weight is 661 g/mol. The van der Waals surface area contributed by atoms with Gasteiger partial charge in [0.15, 0.2) is 5.72 Å². The monoisotopic (exact) mass is 660 g/mol. The third-order valence-electron chi connectivity index (χ3n) is 12.5. The first-order chi connectivity index (χ1) is 24.7. The number of hydrogen-bond acceptors (Lipinski definition) is 5. The minimum absolute atomic E-state index is 0.0488. The molecule has 3 unspecified atom stereocenters. The molecule has 0 aromatic heterocycles. The molecule has 8 aromatic rings. The van der Waals surface area contributed by atoms with Crippen LogP contribution in [0, 0.1) is 0 Å². The fraction of sp³-hybridized carbons (Fsp3) is 0.133. The zero-order valence-corrected chi connectivity index (χ0v) is 28.3. The van der Waals surface area contributed by atoms with Crippen LogP contribution < -0.4 is 20.4 Å². The molecule has 0 radical (unpaired) electrons. The number of hydrogen-bond donors (Lipinski definition) is 3. The van der Waals surface area contributed by atoms with Gasteiger partial charge in [-0.3, -0.25) is 9.69 Å². The number of rotatable bonds is 0. The second-order valence-electron chi connectivity index (χ2n) is 15.1. The van der Waals surface area contributed by atoms with E-state index in [9.17, 15) is 5.11 Å². The number of aliphatic hydroxyl groups is 1. The van der Waals surface area contributed by atoms with Crippen LogP contribution in [-0.2, 0) is 17.1 Å². The molecule has 0 saturated carbocycles. The first-order valence-corrected chi connectivity index (χ1v) is 17.7. The molecule has 0 spiro atoms. The van der Waals surface area contributed by atoms with Gasteiger partial charge in [0.1, 0.15) is 11.3 Å². The van der Waals surface area contributed by atoms with Crippen molar-refractivity contribution in [2.75, 3.05) is 20.4 Å². The van der Waals surface area contributed by atoms with Crippen molar-refractivity contribution in [3.05, 3.63) is 144 Å². The molecule has 3 N–H and O–H groups in total. The van der Waals surface area contributed by atoms with E-state index >= 15 is 4.79 Å². The summed E-state index contributed by atoms with van der Waals surface area (Å²) in [6, 6.07) is 42.2. The van der Waals surface area contributed by atoms with Crippen molar-refractivity contribution >= 4 is 82.5 Å². The molecule has 1 amide bonds. The van der Waals surface area contributed by atoms with Gasteiger partial charge in [0.2, 0.25) is 0 Å². The molecule has 244 valence electrons. The topological polar surface area (TPSA) is 67.8 Å². The van der Waals surface area contributed by atoms with E-state index in [1.165, 1.54) is 5.39 Å². The molecule has 3 atom stereocenters. The Morgan fingerprint density at radius 3 is 1.51 bits per heavy atom. The second-order valence-corrected chi connectivity index (χ2v) is 15.1. The summed E-state index contributed by atoms with van der Waals surface area (Å²) in [5.41, 5.74) is 4.26. The Balaban J connectivity index is 1.15. The van der Waals surface area contributed by atoms with Gasteiger partial charge in [0, 0.05) is 49.2 Å². The number of carbonyl (C=O) groups is 1. The number of anilines is 4. The first-order valence-electron chi connectivity index (χ1n) is 17.7. The summed E-state index contributed by atoms with van der Waals surface area (Å²) >= 11 is 0. The van der Waals surface area contributed by atoms with Gasteiger partial charge in [0.05, 0.1) is 22.7 Å². The van der Waals surface area contributed by atoms with Gasteiger partial charge in [-0.1, -0.05) is 115 Å². The van der Waals surface area contributed by atoms with Crippen LogP contribution in [0.15, 0.2) is 121 Å². The van der Waals surface area contributed by atoms with E-state index in [1.807, 2.05) is 30.0 Å². The summed E-state index contributed by atoms with van der Waals surface area (Å²) < 4.78 is 0. The van der Waals surface area contributed by atoms with Crippen molar-refractivity contribution in [3.8, 4) is 0 Å². The van der Waals surface area contributed by atoms with Crippen LogP contribution in [0.25, 0.3) is 53.9 Å². The van der Waals surface area contributed by atoms with Gasteiger partial charge < -0.3 is 20.6 Å². The molecular weight excluding hydrogens is 629 g/mol. The lowest BCUT2D eigenvalue weighted by Gasteiger charge is -2.52. The Bertz CT molecular complexity index is 2990. The smallest absolute Gasteiger partial charge is 0.261 e. The molecule has 0 saturated heterocycles. The Morgan fingerprint density at radius 1 is 0.490 bits per heavy atom. The molecule has 51 heavy (non-hydrogen) atoms. The van der Waals surface area contributed by atoms with Crippen LogP contribution in [-0.4, -0.2) is 11.0 Å². The molecule has 0 fully saturated rings. The number of amides is 1. The molecule has 4 aliphatic rings. The van der Waals surface area contributed by atoms with Gasteiger partial charge in [-0.05, 0) is 53.8 Å². The molecule has 0 bridgehead atoms. The maximum absolute atomic E-state index is 15.1. The van der Waals surface area contributed by atoms with E-state index < -0.39 is 17.1 Å². The standard InChI is InChI=1S/C45H32N4O2/c1-43-33-22-23-34-37-35(45(3,51)49-41-31-19-11-7-15-27(31)25-13-5-9-17-29(25)39(41)47-44(34,49)2)21-20-32(36(33)37)42(50)48(43)40-30-18-10-6-14-26(30)24-12-4-8-16-28(24)38(40)46-43/h4-23,46-47,51H,1-3H3. The predicted molar refractivity (Wildman–Crippen MR) is 208 cm³/mol. The third kappa shape index (κ3) is 2.94. The normalized spacial score (nSPS) is 23.8. The summed E-state index contributed by atoms with van der Waals surface area (Å²) in [6.07, 6.45) is 0. The molecule has 6 heteroatoms. The number of fused-ring (bicyclic) bond motifs is 18. The quantitative estimate of drug-likeness (QED) is 0.141. The van der Waals surface area contributed by atoms with Gasteiger partial charge in [-0.25, -0.2) is 0 Å². The zero-order valence-electron chi connectivity index (χ0n) is 28.3. The molecule has 6 nitrogen and oxygen atoms in total. The highest BCUT2D eigenvalue weighted by Crippen LogP contribution is 2.62. The van der Waals surface area contributed by atoms with Crippen molar-refractivity contribution in [2.45, 2.75) is 37.8 Å². The van der Waals surface area contributed by atoms with Crippen LogP contribution in [0.2, 0.25) is 0 Å². The Labute approximate surface area is 293 Å². The maximum atomic E-state index is 15.1. The van der Waals surface area contributed by atoms with Crippen LogP contribution >= 0.6 is 0 Å². The number of carbonyl (C=O) groups excluding carboxylic acids is 1. The van der Waals surface area contributed by atoms with Gasteiger partial charge in [-0.15, -0.1) is 0 Å².